The molecule has 3 aromatic rings. The van der Waals surface area contributed by atoms with E-state index in [9.17, 15) is 9.59 Å². The van der Waals surface area contributed by atoms with Crippen molar-refractivity contribution in [3.8, 4) is 16.5 Å². The molecule has 0 aromatic carbocycles. The number of piperidine rings is 1. The summed E-state index contributed by atoms with van der Waals surface area (Å²) in [5.41, 5.74) is 1.81. The van der Waals surface area contributed by atoms with Crippen LogP contribution in [0.5, 0.6) is 5.88 Å². The summed E-state index contributed by atoms with van der Waals surface area (Å²) >= 11 is 1.36. The van der Waals surface area contributed by atoms with E-state index in [1.807, 2.05) is 6.07 Å². The van der Waals surface area contributed by atoms with Gasteiger partial charge in [-0.2, -0.15) is 5.10 Å². The van der Waals surface area contributed by atoms with Crippen LogP contribution < -0.4 is 10.1 Å². The zero-order chi connectivity index (χ0) is 24.9. The zero-order valence-electron chi connectivity index (χ0n) is 20.3. The molecule has 1 N–H and O–H groups in total. The Bertz CT molecular complexity index is 1220. The Morgan fingerprint density at radius 2 is 2.06 bits per heavy atom. The van der Waals surface area contributed by atoms with Crippen molar-refractivity contribution in [3.05, 3.63) is 41.3 Å². The van der Waals surface area contributed by atoms with Gasteiger partial charge in [-0.3, -0.25) is 14.3 Å². The SMILES string of the molecule is CN1CCC(Cn2cc3c(n2)C(=O)CCCOCCOc2cc(ccn2)-c2nc(cs2)C(=O)N3)CC1. The van der Waals surface area contributed by atoms with E-state index in [1.165, 1.54) is 11.3 Å². The summed E-state index contributed by atoms with van der Waals surface area (Å²) in [5, 5.41) is 9.87. The molecule has 2 aliphatic rings. The lowest BCUT2D eigenvalue weighted by Gasteiger charge is -2.28. The van der Waals surface area contributed by atoms with Gasteiger partial charge in [0.15, 0.2) is 11.5 Å². The van der Waals surface area contributed by atoms with Crippen LogP contribution in [-0.2, 0) is 11.3 Å². The molecule has 0 unspecified atom stereocenters. The predicted molar refractivity (Wildman–Crippen MR) is 136 cm³/mol. The van der Waals surface area contributed by atoms with E-state index in [2.05, 4.69) is 32.3 Å². The molecule has 0 atom stereocenters. The maximum atomic E-state index is 13.1. The lowest BCUT2D eigenvalue weighted by Crippen LogP contribution is -2.32. The Morgan fingerprint density at radius 1 is 1.19 bits per heavy atom. The molecule has 1 saturated heterocycles. The van der Waals surface area contributed by atoms with Gasteiger partial charge >= 0.3 is 0 Å². The number of hydrogen-bond donors (Lipinski definition) is 1. The molecule has 36 heavy (non-hydrogen) atoms. The lowest BCUT2D eigenvalue weighted by atomic mass is 9.97. The molecule has 190 valence electrons. The van der Waals surface area contributed by atoms with Gasteiger partial charge in [-0.1, -0.05) is 0 Å². The molecule has 0 radical (unpaired) electrons. The van der Waals surface area contributed by atoms with E-state index in [-0.39, 0.29) is 29.5 Å². The van der Waals surface area contributed by atoms with E-state index in [1.54, 1.807) is 28.5 Å². The number of nitrogens with one attached hydrogen (secondary N) is 1. The molecule has 5 rings (SSSR count). The number of carbonyl (C=O) groups excluding carboxylic acids is 2. The van der Waals surface area contributed by atoms with Crippen LogP contribution >= 0.6 is 11.3 Å². The quantitative estimate of drug-likeness (QED) is 0.559. The Labute approximate surface area is 213 Å². The van der Waals surface area contributed by atoms with E-state index < -0.39 is 0 Å². The third-order valence-corrected chi connectivity index (χ3v) is 7.34. The summed E-state index contributed by atoms with van der Waals surface area (Å²) in [6.07, 6.45) is 6.43. The fraction of sp³-hybridized carbons (Fsp3) is 0.480. The van der Waals surface area contributed by atoms with Crippen LogP contribution in [0.1, 0.15) is 46.7 Å². The molecule has 4 bridgehead atoms. The molecule has 1 fully saturated rings. The fourth-order valence-electron chi connectivity index (χ4n) is 4.40. The molecule has 10 nitrogen and oxygen atoms in total. The van der Waals surface area contributed by atoms with Crippen molar-refractivity contribution in [1.29, 1.82) is 0 Å². The van der Waals surface area contributed by atoms with Crippen LogP contribution in [0.15, 0.2) is 29.9 Å². The normalized spacial score (nSPS) is 18.6. The van der Waals surface area contributed by atoms with E-state index in [0.29, 0.717) is 48.7 Å². The van der Waals surface area contributed by atoms with Crippen molar-refractivity contribution in [2.24, 2.45) is 5.92 Å². The Morgan fingerprint density at radius 3 is 2.92 bits per heavy atom. The average Bonchev–Trinajstić information content (AvgIpc) is 3.52. The number of Topliss-reactive ketones (excluding diaryl/α,β-unsaturated/α-hetero) is 1. The minimum atomic E-state index is -0.375. The molecule has 0 spiro atoms. The van der Waals surface area contributed by atoms with Gasteiger partial charge in [-0.15, -0.1) is 11.3 Å². The van der Waals surface area contributed by atoms with Crippen LogP contribution in [0.25, 0.3) is 10.6 Å². The minimum Gasteiger partial charge on any atom is -0.475 e. The Hall–Kier alpha value is -3.15. The van der Waals surface area contributed by atoms with E-state index in [4.69, 9.17) is 9.47 Å². The van der Waals surface area contributed by atoms with Gasteiger partial charge < -0.3 is 19.7 Å². The van der Waals surface area contributed by atoms with Crippen molar-refractivity contribution in [1.82, 2.24) is 24.6 Å². The molecule has 3 aromatic heterocycles. The molecule has 1 amide bonds. The number of ether oxygens (including phenoxy) is 2. The summed E-state index contributed by atoms with van der Waals surface area (Å²) in [4.78, 5) is 37.2. The van der Waals surface area contributed by atoms with Gasteiger partial charge in [-0.05, 0) is 51.4 Å². The van der Waals surface area contributed by atoms with Crippen LogP contribution in [0.3, 0.4) is 0 Å². The molecule has 2 aliphatic heterocycles. The summed E-state index contributed by atoms with van der Waals surface area (Å²) in [6, 6.07) is 3.62. The first-order valence-corrected chi connectivity index (χ1v) is 13.2. The zero-order valence-corrected chi connectivity index (χ0v) is 21.1. The standard InChI is InChI=1S/C25H30N6O4S/c1-30-8-5-17(6-9-30)14-31-15-19-23(29-31)21(32)3-2-10-34-11-12-35-22-13-18(4-7-26-22)25-28-20(16-36-25)24(33)27-19/h4,7,13,15-17H,2-3,5-6,8-12,14H2,1H3,(H,27,33). The highest BCUT2D eigenvalue weighted by Crippen LogP contribution is 2.27. The number of aromatic nitrogens is 4. The number of amides is 1. The van der Waals surface area contributed by atoms with Gasteiger partial charge in [0, 0.05) is 49.0 Å². The van der Waals surface area contributed by atoms with Gasteiger partial charge in [0.05, 0.1) is 12.3 Å². The smallest absolute Gasteiger partial charge is 0.275 e. The van der Waals surface area contributed by atoms with Crippen LogP contribution in [0.2, 0.25) is 0 Å². The number of carbonyl (C=O) groups is 2. The molecule has 0 aliphatic carbocycles. The largest absolute Gasteiger partial charge is 0.475 e. The van der Waals surface area contributed by atoms with Crippen molar-refractivity contribution < 1.29 is 19.1 Å². The third-order valence-electron chi connectivity index (χ3n) is 6.45. The van der Waals surface area contributed by atoms with Crippen molar-refractivity contribution >= 4 is 28.7 Å². The third kappa shape index (κ3) is 5.97. The summed E-state index contributed by atoms with van der Waals surface area (Å²) in [6.45, 7) is 4.00. The van der Waals surface area contributed by atoms with Gasteiger partial charge in [0.25, 0.3) is 5.91 Å². The highest BCUT2D eigenvalue weighted by molar-refractivity contribution is 7.13. The van der Waals surface area contributed by atoms with E-state index in [0.717, 1.165) is 38.0 Å². The predicted octanol–water partition coefficient (Wildman–Crippen LogP) is 3.37. The minimum absolute atomic E-state index is 0.119. The van der Waals surface area contributed by atoms with E-state index >= 15 is 0 Å². The maximum absolute atomic E-state index is 13.1. The van der Waals surface area contributed by atoms with Gasteiger partial charge in [0.1, 0.15) is 17.3 Å². The first-order chi connectivity index (χ1) is 17.5. The number of hydrogen-bond acceptors (Lipinski definition) is 9. The number of ketones is 1. The Balaban J connectivity index is 1.39. The summed E-state index contributed by atoms with van der Waals surface area (Å²) < 4.78 is 13.1. The van der Waals surface area contributed by atoms with Crippen molar-refractivity contribution in [3.63, 3.8) is 0 Å². The number of rotatable bonds is 2. The second kappa shape index (κ2) is 11.3. The topological polar surface area (TPSA) is 111 Å². The number of pyridine rings is 1. The van der Waals surface area contributed by atoms with Gasteiger partial charge in [0.2, 0.25) is 5.88 Å². The number of fused-ring (bicyclic) bond motifs is 6. The summed E-state index contributed by atoms with van der Waals surface area (Å²) in [7, 11) is 2.13. The van der Waals surface area contributed by atoms with Crippen LogP contribution in [0, 0.1) is 5.92 Å². The Kier molecular flexibility index (Phi) is 7.69. The molecule has 11 heteroatoms. The average molecular weight is 511 g/mol. The number of nitrogens with zero attached hydrogens (tertiary/aromatic N) is 5. The highest BCUT2D eigenvalue weighted by Gasteiger charge is 2.23. The van der Waals surface area contributed by atoms with Crippen LogP contribution in [-0.4, -0.2) is 76.3 Å². The maximum Gasteiger partial charge on any atom is 0.275 e. The molecule has 5 heterocycles. The number of likely N-dealkylation sites (tertiary alicyclic amines) is 1. The number of anilines is 1. The second-order valence-electron chi connectivity index (χ2n) is 9.22. The monoisotopic (exact) mass is 510 g/mol. The lowest BCUT2D eigenvalue weighted by molar-refractivity contribution is 0.0861. The highest BCUT2D eigenvalue weighted by atomic mass is 32.1. The van der Waals surface area contributed by atoms with Crippen molar-refractivity contribution in [2.75, 3.05) is 45.3 Å². The summed E-state index contributed by atoms with van der Waals surface area (Å²) in [5.74, 6) is 0.464. The first kappa shape index (κ1) is 24.5. The molecular formula is C25H30N6O4S. The number of thiazole rings is 1. The van der Waals surface area contributed by atoms with Crippen LogP contribution in [0.4, 0.5) is 5.69 Å². The van der Waals surface area contributed by atoms with Crippen molar-refractivity contribution in [2.45, 2.75) is 32.2 Å². The van der Waals surface area contributed by atoms with Gasteiger partial charge in [-0.25, -0.2) is 9.97 Å². The fourth-order valence-corrected chi connectivity index (χ4v) is 5.20. The molecule has 0 saturated carbocycles. The molecular weight excluding hydrogens is 480 g/mol. The first-order valence-electron chi connectivity index (χ1n) is 12.3. The second-order valence-corrected chi connectivity index (χ2v) is 10.1.